The highest BCUT2D eigenvalue weighted by molar-refractivity contribution is 7.21. The molecule has 3 aromatic heterocycles. The molecule has 3 heterocycles. The third-order valence-corrected chi connectivity index (χ3v) is 5.99. The lowest BCUT2D eigenvalue weighted by atomic mass is 10.2. The van der Waals surface area contributed by atoms with Crippen molar-refractivity contribution in [3.05, 3.63) is 45.1 Å². The molecule has 0 spiro atoms. The summed E-state index contributed by atoms with van der Waals surface area (Å²) >= 11 is 2.96. The van der Waals surface area contributed by atoms with Gasteiger partial charge in [-0.1, -0.05) is 23.5 Å². The van der Waals surface area contributed by atoms with E-state index in [-0.39, 0.29) is 5.56 Å². The van der Waals surface area contributed by atoms with E-state index in [9.17, 15) is 4.79 Å². The SMILES string of the molecule is CCOc1ccccc1-c1nn2c(=O)c3c(C)c(C)sc3nc2s1. The van der Waals surface area contributed by atoms with Crippen molar-refractivity contribution in [1.29, 1.82) is 0 Å². The third kappa shape index (κ3) is 2.23. The monoisotopic (exact) mass is 357 g/mol. The number of hydrogen-bond acceptors (Lipinski definition) is 6. The quantitative estimate of drug-likeness (QED) is 0.555. The number of thiophene rings is 1. The summed E-state index contributed by atoms with van der Waals surface area (Å²) in [5.41, 5.74) is 1.77. The van der Waals surface area contributed by atoms with Gasteiger partial charge in [0.25, 0.3) is 5.56 Å². The van der Waals surface area contributed by atoms with E-state index in [1.807, 2.05) is 45.0 Å². The Bertz CT molecular complexity index is 1120. The molecule has 0 unspecified atom stereocenters. The molecule has 0 fully saturated rings. The van der Waals surface area contributed by atoms with Crippen LogP contribution < -0.4 is 10.3 Å². The summed E-state index contributed by atoms with van der Waals surface area (Å²) < 4.78 is 7.08. The number of aromatic nitrogens is 3. The van der Waals surface area contributed by atoms with Crippen molar-refractivity contribution in [3.8, 4) is 16.3 Å². The van der Waals surface area contributed by atoms with E-state index in [0.29, 0.717) is 17.0 Å². The number of hydrogen-bond donors (Lipinski definition) is 0. The molecule has 1 aromatic carbocycles. The molecule has 7 heteroatoms. The van der Waals surface area contributed by atoms with Gasteiger partial charge < -0.3 is 4.74 Å². The van der Waals surface area contributed by atoms with Gasteiger partial charge >= 0.3 is 0 Å². The minimum atomic E-state index is -0.103. The Morgan fingerprint density at radius 1 is 1.21 bits per heavy atom. The van der Waals surface area contributed by atoms with Crippen molar-refractivity contribution in [2.45, 2.75) is 20.8 Å². The van der Waals surface area contributed by atoms with Gasteiger partial charge in [-0.15, -0.1) is 11.3 Å². The molecule has 0 saturated heterocycles. The highest BCUT2D eigenvalue weighted by atomic mass is 32.1. The average Bonchev–Trinajstić information content (AvgIpc) is 3.11. The molecule has 0 aliphatic carbocycles. The van der Waals surface area contributed by atoms with Gasteiger partial charge in [0.15, 0.2) is 5.01 Å². The van der Waals surface area contributed by atoms with Crippen LogP contribution in [0.25, 0.3) is 25.7 Å². The van der Waals surface area contributed by atoms with Crippen LogP contribution in [0, 0.1) is 13.8 Å². The van der Waals surface area contributed by atoms with E-state index in [1.54, 1.807) is 11.3 Å². The van der Waals surface area contributed by atoms with E-state index < -0.39 is 0 Å². The molecule has 0 N–H and O–H groups in total. The summed E-state index contributed by atoms with van der Waals surface area (Å²) in [6.07, 6.45) is 0. The Balaban J connectivity index is 1.99. The summed E-state index contributed by atoms with van der Waals surface area (Å²) in [4.78, 5) is 20.0. The lowest BCUT2D eigenvalue weighted by molar-refractivity contribution is 0.341. The fourth-order valence-electron chi connectivity index (χ4n) is 2.65. The molecule has 0 bridgehead atoms. The lowest BCUT2D eigenvalue weighted by Crippen LogP contribution is -2.15. The zero-order valence-electron chi connectivity index (χ0n) is 13.5. The van der Waals surface area contributed by atoms with E-state index in [4.69, 9.17) is 4.74 Å². The normalized spacial score (nSPS) is 11.5. The second-order valence-corrected chi connectivity index (χ2v) is 7.57. The first-order valence-corrected chi connectivity index (χ1v) is 9.25. The molecule has 0 aliphatic heterocycles. The van der Waals surface area contributed by atoms with Gasteiger partial charge in [0, 0.05) is 4.88 Å². The summed E-state index contributed by atoms with van der Waals surface area (Å²) in [6, 6.07) is 7.72. The highest BCUT2D eigenvalue weighted by Crippen LogP contribution is 2.33. The van der Waals surface area contributed by atoms with Crippen LogP contribution >= 0.6 is 22.7 Å². The van der Waals surface area contributed by atoms with Crippen LogP contribution in [-0.4, -0.2) is 21.2 Å². The zero-order valence-corrected chi connectivity index (χ0v) is 15.1. The minimum Gasteiger partial charge on any atom is -0.493 e. The first-order valence-electron chi connectivity index (χ1n) is 7.62. The van der Waals surface area contributed by atoms with Crippen molar-refractivity contribution in [3.63, 3.8) is 0 Å². The smallest absolute Gasteiger partial charge is 0.284 e. The van der Waals surface area contributed by atoms with Crippen LogP contribution in [0.2, 0.25) is 0 Å². The van der Waals surface area contributed by atoms with Crippen molar-refractivity contribution in [2.75, 3.05) is 6.61 Å². The van der Waals surface area contributed by atoms with E-state index in [1.165, 1.54) is 15.9 Å². The number of benzene rings is 1. The van der Waals surface area contributed by atoms with E-state index in [0.717, 1.165) is 31.6 Å². The number of para-hydroxylation sites is 1. The summed E-state index contributed by atoms with van der Waals surface area (Å²) in [5.74, 6) is 0.765. The van der Waals surface area contributed by atoms with Gasteiger partial charge in [0.1, 0.15) is 10.6 Å². The number of ether oxygens (including phenoxy) is 1. The van der Waals surface area contributed by atoms with E-state index >= 15 is 0 Å². The molecular weight excluding hydrogens is 342 g/mol. The Morgan fingerprint density at radius 2 is 2.00 bits per heavy atom. The maximum Gasteiger partial charge on any atom is 0.284 e. The topological polar surface area (TPSA) is 56.5 Å². The van der Waals surface area contributed by atoms with Crippen molar-refractivity contribution < 1.29 is 4.74 Å². The zero-order chi connectivity index (χ0) is 16.8. The van der Waals surface area contributed by atoms with Gasteiger partial charge in [-0.05, 0) is 38.5 Å². The Kier molecular flexibility index (Phi) is 3.62. The largest absolute Gasteiger partial charge is 0.493 e. The summed E-state index contributed by atoms with van der Waals surface area (Å²) in [6.45, 7) is 6.49. The average molecular weight is 357 g/mol. The summed E-state index contributed by atoms with van der Waals surface area (Å²) in [7, 11) is 0. The fraction of sp³-hybridized carbons (Fsp3) is 0.235. The van der Waals surface area contributed by atoms with Crippen molar-refractivity contribution in [2.24, 2.45) is 0 Å². The molecule has 0 radical (unpaired) electrons. The van der Waals surface area contributed by atoms with Crippen molar-refractivity contribution >= 4 is 37.9 Å². The van der Waals surface area contributed by atoms with Crippen LogP contribution in [0.15, 0.2) is 29.1 Å². The molecular formula is C17H15N3O2S2. The molecule has 5 nitrogen and oxygen atoms in total. The highest BCUT2D eigenvalue weighted by Gasteiger charge is 2.17. The van der Waals surface area contributed by atoms with Crippen LogP contribution in [0.4, 0.5) is 0 Å². The second kappa shape index (κ2) is 5.68. The van der Waals surface area contributed by atoms with Gasteiger partial charge in [-0.3, -0.25) is 4.79 Å². The number of rotatable bonds is 3. The Hall–Kier alpha value is -2.25. The van der Waals surface area contributed by atoms with Crippen LogP contribution in [-0.2, 0) is 0 Å². The third-order valence-electron chi connectivity index (χ3n) is 3.95. The van der Waals surface area contributed by atoms with Crippen LogP contribution in [0.1, 0.15) is 17.4 Å². The predicted molar refractivity (Wildman–Crippen MR) is 98.6 cm³/mol. The Morgan fingerprint density at radius 3 is 2.79 bits per heavy atom. The molecule has 122 valence electrons. The maximum absolute atomic E-state index is 12.8. The predicted octanol–water partition coefficient (Wildman–Crippen LogP) is 4.05. The molecule has 0 saturated carbocycles. The molecule has 0 atom stereocenters. The number of nitrogens with zero attached hydrogens (tertiary/aromatic N) is 3. The molecule has 0 aliphatic rings. The maximum atomic E-state index is 12.8. The molecule has 0 amide bonds. The number of fused-ring (bicyclic) bond motifs is 2. The molecule has 4 aromatic rings. The first kappa shape index (κ1) is 15.3. The molecule has 4 rings (SSSR count). The van der Waals surface area contributed by atoms with Crippen LogP contribution in [0.3, 0.4) is 0 Å². The Labute approximate surface area is 146 Å². The minimum absolute atomic E-state index is 0.103. The van der Waals surface area contributed by atoms with Gasteiger partial charge in [0.05, 0.1) is 17.6 Å². The van der Waals surface area contributed by atoms with E-state index in [2.05, 4.69) is 10.1 Å². The van der Waals surface area contributed by atoms with Gasteiger partial charge in [-0.2, -0.15) is 9.61 Å². The van der Waals surface area contributed by atoms with Gasteiger partial charge in [0.2, 0.25) is 4.96 Å². The second-order valence-electron chi connectivity index (χ2n) is 5.41. The number of aryl methyl sites for hydroxylation is 2. The standard InChI is InChI=1S/C17H15N3O2S2/c1-4-22-12-8-6-5-7-11(12)14-19-20-16(21)13-9(2)10(3)23-15(13)18-17(20)24-14/h5-8H,4H2,1-3H3. The van der Waals surface area contributed by atoms with Crippen molar-refractivity contribution in [1.82, 2.24) is 14.6 Å². The van der Waals surface area contributed by atoms with Crippen LogP contribution in [0.5, 0.6) is 5.75 Å². The van der Waals surface area contributed by atoms with Gasteiger partial charge in [-0.25, -0.2) is 4.98 Å². The lowest BCUT2D eigenvalue weighted by Gasteiger charge is -2.06. The fourth-order valence-corrected chi connectivity index (χ4v) is 4.65. The first-order chi connectivity index (χ1) is 11.6. The summed E-state index contributed by atoms with van der Waals surface area (Å²) in [5, 5.41) is 5.91. The molecule has 24 heavy (non-hydrogen) atoms.